The fourth-order valence-electron chi connectivity index (χ4n) is 4.16. The molecule has 0 radical (unpaired) electrons. The van der Waals surface area contributed by atoms with Crippen molar-refractivity contribution in [2.45, 2.75) is 6.42 Å². The number of fused-ring (bicyclic) bond motifs is 5. The van der Waals surface area contributed by atoms with E-state index in [0.717, 1.165) is 11.3 Å². The molecule has 1 saturated heterocycles. The topological polar surface area (TPSA) is 72.9 Å². The maximum atomic E-state index is 12.5. The Morgan fingerprint density at radius 2 is 1.73 bits per heavy atom. The fraction of sp³-hybridized carbons (Fsp3) is 0.421. The predicted octanol–water partition coefficient (Wildman–Crippen LogP) is 2.07. The molecule has 26 heavy (non-hydrogen) atoms. The molecule has 1 aromatic carbocycles. The highest BCUT2D eigenvalue weighted by molar-refractivity contribution is 6.32. The summed E-state index contributed by atoms with van der Waals surface area (Å²) in [6, 6.07) is 6.99. The number of para-hydroxylation sites is 1. The van der Waals surface area contributed by atoms with E-state index in [1.165, 1.54) is 0 Å². The number of hydrogen-bond acceptors (Lipinski definition) is 5. The summed E-state index contributed by atoms with van der Waals surface area (Å²) in [6.45, 7) is -0.188. The Labute approximate surface area is 155 Å². The van der Waals surface area contributed by atoms with Crippen LogP contribution in [-0.2, 0) is 19.1 Å². The lowest BCUT2D eigenvalue weighted by Crippen LogP contribution is -2.38. The molecule has 4 rings (SSSR count). The SMILES string of the molecule is O=C(CN1C(=O)C2C3C=CC(C3)C2C1=O)OCCOc1ccccc1Cl. The summed E-state index contributed by atoms with van der Waals surface area (Å²) in [7, 11) is 0. The van der Waals surface area contributed by atoms with Crippen LogP contribution in [0, 0.1) is 23.7 Å². The number of halogens is 1. The standard InChI is InChI=1S/C19H18ClNO5/c20-13-3-1-2-4-14(13)25-7-8-26-15(22)10-21-18(23)16-11-5-6-12(9-11)17(16)19(21)24/h1-6,11-12,16-17H,7-10H2. The van der Waals surface area contributed by atoms with E-state index in [0.29, 0.717) is 10.8 Å². The van der Waals surface area contributed by atoms with Gasteiger partial charge in [0.1, 0.15) is 25.5 Å². The number of carbonyl (C=O) groups excluding carboxylic acids is 3. The molecule has 2 amide bonds. The number of ether oxygens (including phenoxy) is 2. The Balaban J connectivity index is 1.26. The van der Waals surface area contributed by atoms with Gasteiger partial charge in [0, 0.05) is 0 Å². The largest absolute Gasteiger partial charge is 0.488 e. The Morgan fingerprint density at radius 1 is 1.08 bits per heavy atom. The molecule has 1 aromatic rings. The van der Waals surface area contributed by atoms with Gasteiger partial charge in [-0.15, -0.1) is 0 Å². The van der Waals surface area contributed by atoms with Gasteiger partial charge in [0.2, 0.25) is 11.8 Å². The zero-order valence-electron chi connectivity index (χ0n) is 14.0. The third kappa shape index (κ3) is 2.88. The summed E-state index contributed by atoms with van der Waals surface area (Å²) >= 11 is 5.97. The quantitative estimate of drug-likeness (QED) is 0.329. The molecule has 0 aromatic heterocycles. The maximum Gasteiger partial charge on any atom is 0.326 e. The smallest absolute Gasteiger partial charge is 0.326 e. The summed E-state index contributed by atoms with van der Waals surface area (Å²) in [5.41, 5.74) is 0. The monoisotopic (exact) mass is 375 g/mol. The first-order valence-electron chi connectivity index (χ1n) is 8.63. The summed E-state index contributed by atoms with van der Waals surface area (Å²) < 4.78 is 10.5. The van der Waals surface area contributed by atoms with Crippen molar-refractivity contribution in [3.63, 3.8) is 0 Å². The lowest BCUT2D eigenvalue weighted by atomic mass is 9.85. The highest BCUT2D eigenvalue weighted by atomic mass is 35.5. The Kier molecular flexibility index (Phi) is 4.44. The van der Waals surface area contributed by atoms with Crippen molar-refractivity contribution in [1.82, 2.24) is 4.90 Å². The second-order valence-corrected chi connectivity index (χ2v) is 7.17. The number of rotatable bonds is 6. The summed E-state index contributed by atoms with van der Waals surface area (Å²) in [4.78, 5) is 38.1. The van der Waals surface area contributed by atoms with Crippen LogP contribution < -0.4 is 4.74 Å². The van der Waals surface area contributed by atoms with E-state index < -0.39 is 5.97 Å². The molecule has 1 aliphatic heterocycles. The Bertz CT molecular complexity index is 762. The van der Waals surface area contributed by atoms with Crippen molar-refractivity contribution >= 4 is 29.4 Å². The van der Waals surface area contributed by atoms with Crippen LogP contribution in [0.3, 0.4) is 0 Å². The van der Waals surface area contributed by atoms with E-state index in [4.69, 9.17) is 21.1 Å². The van der Waals surface area contributed by atoms with Gasteiger partial charge in [0.05, 0.1) is 16.9 Å². The molecule has 0 spiro atoms. The van der Waals surface area contributed by atoms with E-state index in [1.54, 1.807) is 24.3 Å². The van der Waals surface area contributed by atoms with Gasteiger partial charge in [0.25, 0.3) is 0 Å². The molecule has 2 fully saturated rings. The summed E-state index contributed by atoms with van der Waals surface area (Å²) in [5, 5.41) is 0.474. The minimum absolute atomic E-state index is 0.0138. The molecular formula is C19H18ClNO5. The van der Waals surface area contributed by atoms with Gasteiger partial charge in [-0.05, 0) is 30.4 Å². The first kappa shape index (κ1) is 17.1. The van der Waals surface area contributed by atoms with Gasteiger partial charge in [0.15, 0.2) is 0 Å². The second kappa shape index (κ2) is 6.76. The number of esters is 1. The number of likely N-dealkylation sites (tertiary alicyclic amines) is 1. The van der Waals surface area contributed by atoms with Crippen LogP contribution in [0.25, 0.3) is 0 Å². The second-order valence-electron chi connectivity index (χ2n) is 6.76. The zero-order valence-corrected chi connectivity index (χ0v) is 14.7. The summed E-state index contributed by atoms with van der Waals surface area (Å²) in [5.74, 6) is -0.941. The molecule has 0 N–H and O–H groups in total. The Hall–Kier alpha value is -2.34. The van der Waals surface area contributed by atoms with Gasteiger partial charge in [-0.3, -0.25) is 19.3 Å². The number of amides is 2. The maximum absolute atomic E-state index is 12.5. The number of allylic oxidation sites excluding steroid dienone is 2. The van der Waals surface area contributed by atoms with E-state index >= 15 is 0 Å². The van der Waals surface area contributed by atoms with Crippen molar-refractivity contribution in [2.24, 2.45) is 23.7 Å². The molecule has 4 atom stereocenters. The molecule has 1 saturated carbocycles. The van der Waals surface area contributed by atoms with Crippen LogP contribution in [0.5, 0.6) is 5.75 Å². The number of imide groups is 1. The number of benzene rings is 1. The molecule has 3 aliphatic rings. The number of nitrogens with zero attached hydrogens (tertiary/aromatic N) is 1. The van der Waals surface area contributed by atoms with Crippen molar-refractivity contribution < 1.29 is 23.9 Å². The molecule has 2 aliphatic carbocycles. The Morgan fingerprint density at radius 3 is 2.38 bits per heavy atom. The predicted molar refractivity (Wildman–Crippen MR) is 92.3 cm³/mol. The first-order valence-corrected chi connectivity index (χ1v) is 9.00. The molecule has 136 valence electrons. The number of hydrogen-bond donors (Lipinski definition) is 0. The number of carbonyl (C=O) groups is 3. The van der Waals surface area contributed by atoms with E-state index in [9.17, 15) is 14.4 Å². The van der Waals surface area contributed by atoms with Crippen molar-refractivity contribution in [3.8, 4) is 5.75 Å². The third-order valence-electron chi connectivity index (χ3n) is 5.29. The molecule has 4 unspecified atom stereocenters. The molecule has 2 bridgehead atoms. The van der Waals surface area contributed by atoms with E-state index in [1.807, 2.05) is 12.2 Å². The zero-order chi connectivity index (χ0) is 18.3. The van der Waals surface area contributed by atoms with Crippen LogP contribution in [0.2, 0.25) is 5.02 Å². The summed E-state index contributed by atoms with van der Waals surface area (Å²) in [6.07, 6.45) is 4.90. The normalized spacial score (nSPS) is 28.6. The van der Waals surface area contributed by atoms with Crippen LogP contribution >= 0.6 is 11.6 Å². The average Bonchev–Trinajstić information content (AvgIpc) is 3.30. The van der Waals surface area contributed by atoms with Gasteiger partial charge in [-0.25, -0.2) is 0 Å². The van der Waals surface area contributed by atoms with Crippen LogP contribution in [0.4, 0.5) is 0 Å². The first-order chi connectivity index (χ1) is 12.6. The van der Waals surface area contributed by atoms with Crippen molar-refractivity contribution in [1.29, 1.82) is 0 Å². The minimum atomic E-state index is -0.616. The third-order valence-corrected chi connectivity index (χ3v) is 5.60. The lowest BCUT2D eigenvalue weighted by Gasteiger charge is -2.16. The van der Waals surface area contributed by atoms with E-state index in [2.05, 4.69) is 0 Å². The van der Waals surface area contributed by atoms with Crippen molar-refractivity contribution in [2.75, 3.05) is 19.8 Å². The van der Waals surface area contributed by atoms with Crippen LogP contribution in [0.15, 0.2) is 36.4 Å². The lowest BCUT2D eigenvalue weighted by molar-refractivity contribution is -0.153. The van der Waals surface area contributed by atoms with Gasteiger partial charge in [-0.1, -0.05) is 35.9 Å². The van der Waals surface area contributed by atoms with Crippen LogP contribution in [0.1, 0.15) is 6.42 Å². The highest BCUT2D eigenvalue weighted by Crippen LogP contribution is 2.52. The van der Waals surface area contributed by atoms with Gasteiger partial charge in [-0.2, -0.15) is 0 Å². The molecular weight excluding hydrogens is 358 g/mol. The highest BCUT2D eigenvalue weighted by Gasteiger charge is 2.59. The van der Waals surface area contributed by atoms with Gasteiger partial charge < -0.3 is 9.47 Å². The van der Waals surface area contributed by atoms with E-state index in [-0.39, 0.29) is 55.2 Å². The molecule has 6 nitrogen and oxygen atoms in total. The average molecular weight is 376 g/mol. The molecule has 7 heteroatoms. The molecule has 1 heterocycles. The van der Waals surface area contributed by atoms with Crippen molar-refractivity contribution in [3.05, 3.63) is 41.4 Å². The fourth-order valence-corrected chi connectivity index (χ4v) is 4.35. The van der Waals surface area contributed by atoms with Gasteiger partial charge >= 0.3 is 5.97 Å². The minimum Gasteiger partial charge on any atom is -0.488 e. The van der Waals surface area contributed by atoms with Crippen LogP contribution in [-0.4, -0.2) is 42.4 Å².